The summed E-state index contributed by atoms with van der Waals surface area (Å²) in [4.78, 5) is 25.1. The summed E-state index contributed by atoms with van der Waals surface area (Å²) in [5.41, 5.74) is 3.72. The number of thiophene rings is 1. The highest BCUT2D eigenvalue weighted by atomic mass is 79.9. The SMILES string of the molecule is O=C(O)C(c1cc(Br)cs1)N(CC(F)(F)F)C(=O)OCC1c2ccccc2-c2ccccc21. The fourth-order valence-corrected chi connectivity index (χ4v) is 5.56. The standard InChI is InChI=1S/C23H17BrF3NO4S/c24-13-9-19(33-11-13)20(21(29)30)28(12-23(25,26)27)22(31)32-10-18-16-7-3-1-5-14(16)15-6-2-4-8-17(15)18/h1-9,11,18,20H,10,12H2,(H,29,30). The molecule has 1 unspecified atom stereocenters. The normalized spacial score (nSPS) is 13.8. The third-order valence-electron chi connectivity index (χ3n) is 5.32. The van der Waals surface area contributed by atoms with E-state index < -0.39 is 30.8 Å². The Morgan fingerprint density at radius 3 is 2.15 bits per heavy atom. The number of benzene rings is 2. The molecule has 10 heteroatoms. The zero-order valence-corrected chi connectivity index (χ0v) is 19.3. The molecule has 0 saturated carbocycles. The highest BCUT2D eigenvalue weighted by Gasteiger charge is 2.42. The maximum absolute atomic E-state index is 13.3. The molecule has 0 aliphatic heterocycles. The van der Waals surface area contributed by atoms with Gasteiger partial charge in [-0.2, -0.15) is 13.2 Å². The van der Waals surface area contributed by atoms with E-state index >= 15 is 0 Å². The molecule has 5 nitrogen and oxygen atoms in total. The third-order valence-corrected chi connectivity index (χ3v) is 7.07. The van der Waals surface area contributed by atoms with Gasteiger partial charge in [0, 0.05) is 20.6 Å². The summed E-state index contributed by atoms with van der Waals surface area (Å²) in [6.07, 6.45) is -6.15. The molecular weight excluding hydrogens is 523 g/mol. The van der Waals surface area contributed by atoms with E-state index in [1.165, 1.54) is 11.4 Å². The van der Waals surface area contributed by atoms with Gasteiger partial charge in [0.05, 0.1) is 0 Å². The first kappa shape index (κ1) is 23.3. The second kappa shape index (κ2) is 9.18. The number of carboxylic acid groups (broad SMARTS) is 1. The molecule has 1 atom stereocenters. The van der Waals surface area contributed by atoms with Gasteiger partial charge in [-0.1, -0.05) is 48.5 Å². The maximum Gasteiger partial charge on any atom is 0.411 e. The lowest BCUT2D eigenvalue weighted by Crippen LogP contribution is -2.44. The molecule has 0 radical (unpaired) electrons. The highest BCUT2D eigenvalue weighted by Crippen LogP contribution is 2.44. The number of alkyl halides is 3. The smallest absolute Gasteiger partial charge is 0.411 e. The molecule has 33 heavy (non-hydrogen) atoms. The number of aliphatic carboxylic acids is 1. The van der Waals surface area contributed by atoms with E-state index in [2.05, 4.69) is 15.9 Å². The van der Waals surface area contributed by atoms with Gasteiger partial charge in [-0.3, -0.25) is 4.90 Å². The zero-order chi connectivity index (χ0) is 23.8. The average molecular weight is 540 g/mol. The number of rotatable bonds is 6. The summed E-state index contributed by atoms with van der Waals surface area (Å²) in [6, 6.07) is 14.6. The fraction of sp³-hybridized carbons (Fsp3) is 0.217. The Labute approximate surface area is 199 Å². The number of amides is 1. The van der Waals surface area contributed by atoms with Crippen molar-refractivity contribution in [3.8, 4) is 11.1 Å². The van der Waals surface area contributed by atoms with Crippen molar-refractivity contribution in [3.63, 3.8) is 0 Å². The van der Waals surface area contributed by atoms with Crippen LogP contribution in [-0.2, 0) is 9.53 Å². The van der Waals surface area contributed by atoms with Crippen molar-refractivity contribution in [2.45, 2.75) is 18.1 Å². The van der Waals surface area contributed by atoms with Crippen LogP contribution >= 0.6 is 27.3 Å². The molecule has 1 aliphatic carbocycles. The van der Waals surface area contributed by atoms with E-state index in [0.717, 1.165) is 33.6 Å². The Kier molecular flexibility index (Phi) is 6.49. The van der Waals surface area contributed by atoms with Crippen molar-refractivity contribution in [3.05, 3.63) is 80.5 Å². The van der Waals surface area contributed by atoms with E-state index in [4.69, 9.17) is 4.74 Å². The van der Waals surface area contributed by atoms with Gasteiger partial charge in [0.25, 0.3) is 0 Å². The Morgan fingerprint density at radius 1 is 1.09 bits per heavy atom. The molecule has 3 aromatic rings. The molecule has 4 rings (SSSR count). The number of nitrogens with zero attached hydrogens (tertiary/aromatic N) is 1. The Morgan fingerprint density at radius 2 is 1.67 bits per heavy atom. The summed E-state index contributed by atoms with van der Waals surface area (Å²) in [6.45, 7) is -1.97. The van der Waals surface area contributed by atoms with Crippen LogP contribution in [0.4, 0.5) is 18.0 Å². The first-order valence-corrected chi connectivity index (χ1v) is 11.5. The second-order valence-corrected chi connectivity index (χ2v) is 9.31. The molecule has 172 valence electrons. The molecule has 1 N–H and O–H groups in total. The van der Waals surface area contributed by atoms with Crippen LogP contribution in [0.1, 0.15) is 28.0 Å². The van der Waals surface area contributed by atoms with Crippen molar-refractivity contribution in [1.29, 1.82) is 0 Å². The summed E-state index contributed by atoms with van der Waals surface area (Å²) >= 11 is 4.10. The van der Waals surface area contributed by atoms with Gasteiger partial charge < -0.3 is 9.84 Å². The molecule has 2 aromatic carbocycles. The molecule has 0 saturated heterocycles. The van der Waals surface area contributed by atoms with Crippen LogP contribution < -0.4 is 0 Å². The largest absolute Gasteiger partial charge is 0.479 e. The Hall–Kier alpha value is -2.85. The first-order chi connectivity index (χ1) is 15.7. The Balaban J connectivity index is 1.61. The minimum absolute atomic E-state index is 0.0760. The van der Waals surface area contributed by atoms with Crippen LogP contribution in [0.5, 0.6) is 0 Å². The van der Waals surface area contributed by atoms with Crippen molar-refractivity contribution in [1.82, 2.24) is 4.90 Å². The van der Waals surface area contributed by atoms with Crippen LogP contribution in [0.3, 0.4) is 0 Å². The monoisotopic (exact) mass is 539 g/mol. The van der Waals surface area contributed by atoms with E-state index in [0.29, 0.717) is 4.47 Å². The number of ether oxygens (including phenoxy) is 1. The summed E-state index contributed by atoms with van der Waals surface area (Å²) in [7, 11) is 0. The minimum atomic E-state index is -4.81. The number of halogens is 4. The number of hydrogen-bond donors (Lipinski definition) is 1. The molecule has 0 bridgehead atoms. The molecule has 1 amide bonds. The maximum atomic E-state index is 13.3. The van der Waals surface area contributed by atoms with Crippen LogP contribution in [0.2, 0.25) is 0 Å². The fourth-order valence-electron chi connectivity index (χ4n) is 4.01. The molecule has 0 fully saturated rings. The summed E-state index contributed by atoms with van der Waals surface area (Å²) < 4.78 is 45.7. The van der Waals surface area contributed by atoms with Gasteiger partial charge in [0.1, 0.15) is 13.2 Å². The topological polar surface area (TPSA) is 66.8 Å². The molecule has 1 aliphatic rings. The van der Waals surface area contributed by atoms with E-state index in [1.54, 1.807) is 0 Å². The van der Waals surface area contributed by atoms with Crippen molar-refractivity contribution in [2.75, 3.05) is 13.2 Å². The predicted molar refractivity (Wildman–Crippen MR) is 120 cm³/mol. The van der Waals surface area contributed by atoms with Gasteiger partial charge in [-0.15, -0.1) is 11.3 Å². The molecule has 1 heterocycles. The van der Waals surface area contributed by atoms with Crippen molar-refractivity contribution >= 4 is 39.3 Å². The highest BCUT2D eigenvalue weighted by molar-refractivity contribution is 9.10. The molecule has 1 aromatic heterocycles. The van der Waals surface area contributed by atoms with E-state index in [9.17, 15) is 27.9 Å². The summed E-state index contributed by atoms with van der Waals surface area (Å²) in [5.74, 6) is -1.95. The minimum Gasteiger partial charge on any atom is -0.479 e. The quantitative estimate of drug-likeness (QED) is 0.391. The number of carbonyl (C=O) groups is 2. The third kappa shape index (κ3) is 4.91. The lowest BCUT2D eigenvalue weighted by Gasteiger charge is -2.29. The predicted octanol–water partition coefficient (Wildman–Crippen LogP) is 6.45. The lowest BCUT2D eigenvalue weighted by molar-refractivity contribution is -0.158. The van der Waals surface area contributed by atoms with Crippen LogP contribution in [-0.4, -0.2) is 41.4 Å². The second-order valence-electron chi connectivity index (χ2n) is 7.46. The molecule has 0 spiro atoms. The zero-order valence-electron chi connectivity index (χ0n) is 16.9. The first-order valence-electron chi connectivity index (χ1n) is 9.81. The molecular formula is C23H17BrF3NO4S. The van der Waals surface area contributed by atoms with Gasteiger partial charge in [0.2, 0.25) is 0 Å². The number of carboxylic acids is 1. The number of hydrogen-bond acceptors (Lipinski definition) is 4. The summed E-state index contributed by atoms with van der Waals surface area (Å²) in [5, 5.41) is 11.2. The average Bonchev–Trinajstić information content (AvgIpc) is 3.32. The van der Waals surface area contributed by atoms with Crippen LogP contribution in [0, 0.1) is 0 Å². The van der Waals surface area contributed by atoms with Gasteiger partial charge in [-0.05, 0) is 44.3 Å². The van der Waals surface area contributed by atoms with E-state index in [-0.39, 0.29) is 22.3 Å². The van der Waals surface area contributed by atoms with Crippen LogP contribution in [0.25, 0.3) is 11.1 Å². The van der Waals surface area contributed by atoms with Gasteiger partial charge in [0.15, 0.2) is 6.04 Å². The van der Waals surface area contributed by atoms with Gasteiger partial charge >= 0.3 is 18.2 Å². The van der Waals surface area contributed by atoms with Crippen molar-refractivity contribution in [2.24, 2.45) is 0 Å². The van der Waals surface area contributed by atoms with Gasteiger partial charge in [-0.25, -0.2) is 9.59 Å². The van der Waals surface area contributed by atoms with Crippen LogP contribution in [0.15, 0.2) is 64.5 Å². The Bertz CT molecular complexity index is 1150. The lowest BCUT2D eigenvalue weighted by atomic mass is 9.98. The number of fused-ring (bicyclic) bond motifs is 3. The number of carbonyl (C=O) groups excluding carboxylic acids is 1. The van der Waals surface area contributed by atoms with Crippen molar-refractivity contribution < 1.29 is 32.6 Å². The van der Waals surface area contributed by atoms with E-state index in [1.807, 2.05) is 48.5 Å².